The van der Waals surface area contributed by atoms with Crippen molar-refractivity contribution in [3.05, 3.63) is 53.3 Å². The smallest absolute Gasteiger partial charge is 0.255 e. The zero-order chi connectivity index (χ0) is 15.7. The average molecular weight is 298 g/mol. The summed E-state index contributed by atoms with van der Waals surface area (Å²) in [7, 11) is 0. The van der Waals surface area contributed by atoms with Crippen molar-refractivity contribution in [1.82, 2.24) is 9.47 Å². The van der Waals surface area contributed by atoms with Crippen molar-refractivity contribution in [3.8, 4) is 5.69 Å². The monoisotopic (exact) mass is 298 g/mol. The molecule has 0 saturated carbocycles. The third-order valence-electron chi connectivity index (χ3n) is 4.20. The lowest BCUT2D eigenvalue weighted by Crippen LogP contribution is -2.44. The maximum absolute atomic E-state index is 12.8. The molecule has 3 rings (SSSR count). The van der Waals surface area contributed by atoms with Gasteiger partial charge in [-0.3, -0.25) is 4.79 Å². The van der Waals surface area contributed by atoms with Crippen LogP contribution in [0.15, 0.2) is 36.4 Å². The first-order chi connectivity index (χ1) is 10.6. The molecule has 4 heteroatoms. The fourth-order valence-corrected chi connectivity index (χ4v) is 3.13. The van der Waals surface area contributed by atoms with Gasteiger partial charge in [0, 0.05) is 30.2 Å². The summed E-state index contributed by atoms with van der Waals surface area (Å²) in [6.07, 6.45) is 0.107. The number of carbonyl (C=O) groups is 1. The van der Waals surface area contributed by atoms with Crippen molar-refractivity contribution in [2.45, 2.75) is 26.9 Å². The normalized spacial score (nSPS) is 18.5. The lowest BCUT2D eigenvalue weighted by atomic mass is 10.2. The van der Waals surface area contributed by atoms with Crippen molar-refractivity contribution >= 4 is 5.91 Å². The van der Waals surface area contributed by atoms with E-state index in [9.17, 15) is 4.79 Å². The maximum atomic E-state index is 12.8. The third-order valence-corrected chi connectivity index (χ3v) is 4.20. The number of hydrogen-bond donors (Lipinski definition) is 0. The molecule has 1 saturated heterocycles. The quantitative estimate of drug-likeness (QED) is 0.854. The van der Waals surface area contributed by atoms with Crippen LogP contribution in [0.4, 0.5) is 0 Å². The van der Waals surface area contributed by atoms with Crippen LogP contribution in [0.25, 0.3) is 5.69 Å². The number of rotatable bonds is 2. The number of morpholine rings is 1. The Bertz CT molecular complexity index is 676. The molecule has 2 aromatic rings. The molecule has 1 aliphatic rings. The molecule has 1 unspecified atom stereocenters. The van der Waals surface area contributed by atoms with Gasteiger partial charge >= 0.3 is 0 Å². The van der Waals surface area contributed by atoms with Crippen LogP contribution in [0.1, 0.15) is 28.7 Å². The Morgan fingerprint density at radius 1 is 1.23 bits per heavy atom. The molecule has 0 aliphatic carbocycles. The highest BCUT2D eigenvalue weighted by molar-refractivity contribution is 5.96. The Kier molecular flexibility index (Phi) is 4.03. The summed E-state index contributed by atoms with van der Waals surface area (Å²) in [5.41, 5.74) is 3.95. The molecular formula is C18H22N2O2. The van der Waals surface area contributed by atoms with E-state index in [2.05, 4.69) is 16.7 Å². The van der Waals surface area contributed by atoms with Gasteiger partial charge in [-0.2, -0.15) is 0 Å². The van der Waals surface area contributed by atoms with Crippen LogP contribution >= 0.6 is 0 Å². The van der Waals surface area contributed by atoms with Gasteiger partial charge in [0.25, 0.3) is 5.91 Å². The molecule has 0 spiro atoms. The topological polar surface area (TPSA) is 34.5 Å². The number of hydrogen-bond acceptors (Lipinski definition) is 2. The molecule has 0 bridgehead atoms. The van der Waals surface area contributed by atoms with Crippen molar-refractivity contribution in [2.24, 2.45) is 0 Å². The van der Waals surface area contributed by atoms with E-state index in [0.29, 0.717) is 19.7 Å². The molecular weight excluding hydrogens is 276 g/mol. The molecule has 1 amide bonds. The summed E-state index contributed by atoms with van der Waals surface area (Å²) < 4.78 is 7.66. The van der Waals surface area contributed by atoms with Gasteiger partial charge in [-0.15, -0.1) is 0 Å². The Labute approximate surface area is 131 Å². The highest BCUT2D eigenvalue weighted by atomic mass is 16.5. The van der Waals surface area contributed by atoms with Crippen LogP contribution < -0.4 is 0 Å². The zero-order valence-electron chi connectivity index (χ0n) is 13.4. The first-order valence-corrected chi connectivity index (χ1v) is 7.73. The van der Waals surface area contributed by atoms with Gasteiger partial charge < -0.3 is 14.2 Å². The number of benzene rings is 1. The molecule has 4 nitrogen and oxygen atoms in total. The van der Waals surface area contributed by atoms with Gasteiger partial charge in [-0.05, 0) is 39.0 Å². The Morgan fingerprint density at radius 3 is 2.64 bits per heavy atom. The Morgan fingerprint density at radius 2 is 1.95 bits per heavy atom. The first kappa shape index (κ1) is 14.9. The van der Waals surface area contributed by atoms with Gasteiger partial charge in [0.15, 0.2) is 0 Å². The summed E-state index contributed by atoms with van der Waals surface area (Å²) in [4.78, 5) is 14.7. The standard InChI is InChI=1S/C18H22N2O2/c1-13-11-17(18(21)19-9-10-22-14(2)12-19)15(3)20(13)16-7-5-4-6-8-16/h4-8,11,14H,9-10,12H2,1-3H3. The summed E-state index contributed by atoms with van der Waals surface area (Å²) in [5, 5.41) is 0. The van der Waals surface area contributed by atoms with Crippen LogP contribution in [-0.4, -0.2) is 41.2 Å². The van der Waals surface area contributed by atoms with Gasteiger partial charge in [-0.25, -0.2) is 0 Å². The van der Waals surface area contributed by atoms with E-state index in [4.69, 9.17) is 4.74 Å². The van der Waals surface area contributed by atoms with Crippen LogP contribution in [-0.2, 0) is 4.74 Å². The Hall–Kier alpha value is -2.07. The van der Waals surface area contributed by atoms with Crippen LogP contribution in [0, 0.1) is 13.8 Å². The number of amides is 1. The van der Waals surface area contributed by atoms with E-state index in [0.717, 1.165) is 22.6 Å². The van der Waals surface area contributed by atoms with E-state index in [-0.39, 0.29) is 12.0 Å². The highest BCUT2D eigenvalue weighted by Gasteiger charge is 2.25. The van der Waals surface area contributed by atoms with E-state index in [1.807, 2.05) is 49.9 Å². The SMILES string of the molecule is Cc1cc(C(=O)N2CCOC(C)C2)c(C)n1-c1ccccc1. The largest absolute Gasteiger partial charge is 0.375 e. The molecule has 1 aliphatic heterocycles. The minimum absolute atomic E-state index is 0.102. The highest BCUT2D eigenvalue weighted by Crippen LogP contribution is 2.22. The Balaban J connectivity index is 1.94. The second-order valence-electron chi connectivity index (χ2n) is 5.89. The van der Waals surface area contributed by atoms with Gasteiger partial charge in [-0.1, -0.05) is 18.2 Å². The van der Waals surface area contributed by atoms with Crippen LogP contribution in [0.2, 0.25) is 0 Å². The van der Waals surface area contributed by atoms with Crippen LogP contribution in [0.5, 0.6) is 0 Å². The fourth-order valence-electron chi connectivity index (χ4n) is 3.13. The minimum atomic E-state index is 0.102. The van der Waals surface area contributed by atoms with Gasteiger partial charge in [0.2, 0.25) is 0 Å². The number of aryl methyl sites for hydroxylation is 1. The number of nitrogens with zero attached hydrogens (tertiary/aromatic N) is 2. The van der Waals surface area contributed by atoms with Crippen molar-refractivity contribution in [3.63, 3.8) is 0 Å². The molecule has 116 valence electrons. The maximum Gasteiger partial charge on any atom is 0.255 e. The lowest BCUT2D eigenvalue weighted by molar-refractivity contribution is -0.0124. The number of ether oxygens (including phenoxy) is 1. The molecule has 1 aromatic heterocycles. The van der Waals surface area contributed by atoms with Crippen molar-refractivity contribution in [1.29, 1.82) is 0 Å². The molecule has 0 N–H and O–H groups in total. The number of carbonyl (C=O) groups excluding carboxylic acids is 1. The van der Waals surface area contributed by atoms with Crippen molar-refractivity contribution in [2.75, 3.05) is 19.7 Å². The predicted octanol–water partition coefficient (Wildman–Crippen LogP) is 2.96. The van der Waals surface area contributed by atoms with E-state index >= 15 is 0 Å². The fraction of sp³-hybridized carbons (Fsp3) is 0.389. The van der Waals surface area contributed by atoms with E-state index < -0.39 is 0 Å². The first-order valence-electron chi connectivity index (χ1n) is 7.73. The number of para-hydroxylation sites is 1. The zero-order valence-corrected chi connectivity index (χ0v) is 13.4. The van der Waals surface area contributed by atoms with E-state index in [1.165, 1.54) is 0 Å². The molecule has 22 heavy (non-hydrogen) atoms. The molecule has 1 atom stereocenters. The number of aromatic nitrogens is 1. The predicted molar refractivity (Wildman–Crippen MR) is 86.6 cm³/mol. The molecule has 1 aromatic carbocycles. The third kappa shape index (κ3) is 2.66. The lowest BCUT2D eigenvalue weighted by Gasteiger charge is -2.31. The van der Waals surface area contributed by atoms with Gasteiger partial charge in [0.05, 0.1) is 18.3 Å². The van der Waals surface area contributed by atoms with Crippen molar-refractivity contribution < 1.29 is 9.53 Å². The summed E-state index contributed by atoms with van der Waals surface area (Å²) in [6.45, 7) is 8.00. The minimum Gasteiger partial charge on any atom is -0.375 e. The summed E-state index contributed by atoms with van der Waals surface area (Å²) in [5.74, 6) is 0.102. The second kappa shape index (κ2) is 5.97. The molecule has 0 radical (unpaired) electrons. The molecule has 2 heterocycles. The van der Waals surface area contributed by atoms with Crippen LogP contribution in [0.3, 0.4) is 0 Å². The summed E-state index contributed by atoms with van der Waals surface area (Å²) >= 11 is 0. The summed E-state index contributed by atoms with van der Waals surface area (Å²) in [6, 6.07) is 12.1. The average Bonchev–Trinajstić information content (AvgIpc) is 2.82. The second-order valence-corrected chi connectivity index (χ2v) is 5.89. The molecule has 1 fully saturated rings. The van der Waals surface area contributed by atoms with E-state index in [1.54, 1.807) is 0 Å². The van der Waals surface area contributed by atoms with Gasteiger partial charge in [0.1, 0.15) is 0 Å².